The van der Waals surface area contributed by atoms with E-state index in [1.165, 1.54) is 21.2 Å². The summed E-state index contributed by atoms with van der Waals surface area (Å²) >= 11 is 1.44. The molecule has 30 heavy (non-hydrogen) atoms. The Balaban J connectivity index is 1.67. The summed E-state index contributed by atoms with van der Waals surface area (Å²) in [5, 5.41) is 3.71. The van der Waals surface area contributed by atoms with Gasteiger partial charge in [-0.1, -0.05) is 43.7 Å². The number of nitrogens with zero attached hydrogens (tertiary/aromatic N) is 2. The number of amides is 4. The summed E-state index contributed by atoms with van der Waals surface area (Å²) < 4.78 is 1.49. The van der Waals surface area contributed by atoms with Gasteiger partial charge < -0.3 is 5.32 Å². The fraction of sp³-hybridized carbons (Fsp3) is 0.478. The van der Waals surface area contributed by atoms with Crippen LogP contribution in [0, 0.1) is 5.92 Å². The number of hydrogen-bond acceptors (Lipinski definition) is 4. The number of thioether (sulfide) groups is 1. The molecule has 1 N–H and O–H groups in total. The molecule has 1 unspecified atom stereocenters. The lowest BCUT2D eigenvalue weighted by molar-refractivity contribution is -0.414. The van der Waals surface area contributed by atoms with Crippen molar-refractivity contribution in [2.24, 2.45) is 5.92 Å². The van der Waals surface area contributed by atoms with E-state index in [4.69, 9.17) is 0 Å². The van der Waals surface area contributed by atoms with Gasteiger partial charge in [0.25, 0.3) is 5.91 Å². The Bertz CT molecular complexity index is 958. The highest BCUT2D eigenvalue weighted by Gasteiger charge is 2.53. The van der Waals surface area contributed by atoms with Crippen LogP contribution in [0.15, 0.2) is 34.7 Å². The maximum Gasteiger partial charge on any atom is 0.507 e. The molecule has 2 aliphatic heterocycles. The summed E-state index contributed by atoms with van der Waals surface area (Å²) in [6.07, 6.45) is 5.11. The molecular weight excluding hydrogens is 398 g/mol. The number of nitrogens with one attached hydrogen (secondary N) is 1. The third kappa shape index (κ3) is 3.71. The van der Waals surface area contributed by atoms with E-state index in [0.29, 0.717) is 10.7 Å². The lowest BCUT2D eigenvalue weighted by Crippen LogP contribution is -2.55. The van der Waals surface area contributed by atoms with Gasteiger partial charge in [0.1, 0.15) is 5.69 Å². The Morgan fingerprint density at radius 2 is 1.83 bits per heavy atom. The van der Waals surface area contributed by atoms with Crippen molar-refractivity contribution in [2.75, 3.05) is 11.4 Å². The number of imide groups is 1. The SMILES string of the molecule is CCc1ccc(N2C(=O)C3C(C)=C(C)SC3=[N+](CC(=O)NC3CCCC3)C2=O)cc1. The number of fused-ring (bicyclic) bond motifs is 1. The zero-order chi connectivity index (χ0) is 21.4. The summed E-state index contributed by atoms with van der Waals surface area (Å²) in [6, 6.07) is 7.23. The Hall–Kier alpha value is -2.41. The number of allylic oxidation sites excluding steroid dienone is 1. The quantitative estimate of drug-likeness (QED) is 0.727. The topological polar surface area (TPSA) is 69.5 Å². The van der Waals surface area contributed by atoms with E-state index >= 15 is 0 Å². The van der Waals surface area contributed by atoms with Crippen LogP contribution in [-0.4, -0.2) is 40.1 Å². The van der Waals surface area contributed by atoms with Crippen molar-refractivity contribution in [3.05, 3.63) is 40.3 Å². The molecule has 1 atom stereocenters. The van der Waals surface area contributed by atoms with Crippen LogP contribution in [0.5, 0.6) is 0 Å². The van der Waals surface area contributed by atoms with Crippen LogP contribution in [0.25, 0.3) is 0 Å². The molecule has 6 nitrogen and oxygen atoms in total. The van der Waals surface area contributed by atoms with Crippen molar-refractivity contribution >= 4 is 40.3 Å². The fourth-order valence-electron chi connectivity index (χ4n) is 4.38. The fourth-order valence-corrected chi connectivity index (χ4v) is 5.62. The smallest absolute Gasteiger partial charge is 0.350 e. The van der Waals surface area contributed by atoms with Gasteiger partial charge in [0.15, 0.2) is 17.5 Å². The Morgan fingerprint density at radius 1 is 1.17 bits per heavy atom. The molecule has 1 saturated carbocycles. The number of urea groups is 1. The highest BCUT2D eigenvalue weighted by molar-refractivity contribution is 8.17. The molecule has 2 heterocycles. The molecule has 1 aromatic rings. The molecule has 3 aliphatic rings. The van der Waals surface area contributed by atoms with Crippen LogP contribution in [0.1, 0.15) is 52.0 Å². The minimum Gasteiger partial charge on any atom is -0.350 e. The van der Waals surface area contributed by atoms with Crippen LogP contribution in [-0.2, 0) is 16.0 Å². The first kappa shape index (κ1) is 20.8. The Morgan fingerprint density at radius 3 is 2.47 bits per heavy atom. The molecule has 0 aromatic heterocycles. The highest BCUT2D eigenvalue weighted by atomic mass is 32.2. The second-order valence-corrected chi connectivity index (χ2v) is 9.46. The number of carbonyl (C=O) groups excluding carboxylic acids is 3. The second kappa shape index (κ2) is 8.38. The molecule has 1 aromatic carbocycles. The Kier molecular flexibility index (Phi) is 5.82. The van der Waals surface area contributed by atoms with Crippen LogP contribution in [0.3, 0.4) is 0 Å². The summed E-state index contributed by atoms with van der Waals surface area (Å²) in [7, 11) is 0. The number of aryl methyl sites for hydroxylation is 1. The van der Waals surface area contributed by atoms with Crippen molar-refractivity contribution in [1.29, 1.82) is 0 Å². The molecule has 158 valence electrons. The average Bonchev–Trinajstić information content (AvgIpc) is 3.34. The molecule has 1 fully saturated rings. The molecular formula is C23H28N3O3S+. The largest absolute Gasteiger partial charge is 0.507 e. The van der Waals surface area contributed by atoms with Gasteiger partial charge in [0.2, 0.25) is 0 Å². The van der Waals surface area contributed by atoms with Crippen LogP contribution in [0.4, 0.5) is 10.5 Å². The maximum atomic E-state index is 13.4. The molecule has 0 bridgehead atoms. The molecule has 1 aliphatic carbocycles. The summed E-state index contributed by atoms with van der Waals surface area (Å²) in [4.78, 5) is 41.7. The van der Waals surface area contributed by atoms with Gasteiger partial charge in [-0.25, -0.2) is 4.79 Å². The predicted octanol–water partition coefficient (Wildman–Crippen LogP) is 3.84. The first-order chi connectivity index (χ1) is 14.4. The lowest BCUT2D eigenvalue weighted by atomic mass is 9.97. The molecule has 4 rings (SSSR count). The number of anilines is 1. The van der Waals surface area contributed by atoms with Gasteiger partial charge in [0.05, 0.1) is 0 Å². The monoisotopic (exact) mass is 426 g/mol. The van der Waals surface area contributed by atoms with E-state index in [1.54, 1.807) is 0 Å². The number of rotatable bonds is 5. The molecule has 0 radical (unpaired) electrons. The number of benzene rings is 1. The van der Waals surface area contributed by atoms with Gasteiger partial charge in [-0.15, -0.1) is 4.90 Å². The van der Waals surface area contributed by atoms with Gasteiger partial charge in [-0.2, -0.15) is 9.37 Å². The Labute approximate surface area is 181 Å². The van der Waals surface area contributed by atoms with Crippen molar-refractivity contribution in [1.82, 2.24) is 5.32 Å². The van der Waals surface area contributed by atoms with Crippen LogP contribution < -0.4 is 10.2 Å². The zero-order valence-corrected chi connectivity index (χ0v) is 18.6. The number of hydrogen-bond donors (Lipinski definition) is 1. The summed E-state index contributed by atoms with van der Waals surface area (Å²) in [5.74, 6) is -0.911. The molecule has 0 spiro atoms. The van der Waals surface area contributed by atoms with Crippen LogP contribution >= 0.6 is 11.8 Å². The van der Waals surface area contributed by atoms with Crippen molar-refractivity contribution in [3.8, 4) is 0 Å². The van der Waals surface area contributed by atoms with E-state index in [9.17, 15) is 14.4 Å². The minimum absolute atomic E-state index is 0.0639. The van der Waals surface area contributed by atoms with E-state index < -0.39 is 11.9 Å². The van der Waals surface area contributed by atoms with E-state index in [1.807, 2.05) is 38.1 Å². The van der Waals surface area contributed by atoms with Gasteiger partial charge in [-0.3, -0.25) is 4.79 Å². The molecule has 4 amide bonds. The molecule has 0 saturated heterocycles. The van der Waals surface area contributed by atoms with Crippen molar-refractivity contribution < 1.29 is 19.0 Å². The first-order valence-corrected chi connectivity index (χ1v) is 11.5. The van der Waals surface area contributed by atoms with Crippen LogP contribution in [0.2, 0.25) is 0 Å². The maximum absolute atomic E-state index is 13.4. The van der Waals surface area contributed by atoms with Gasteiger partial charge in [-0.05, 0) is 61.3 Å². The van der Waals surface area contributed by atoms with E-state index in [2.05, 4.69) is 12.2 Å². The standard InChI is InChI=1S/C23H27N3O3S/c1-4-16-9-11-18(12-10-16)26-21(28)20-14(2)15(3)30-22(20)25(23(26)29)13-19(27)24-17-7-5-6-8-17/h9-12,17,20H,4-8,13H2,1-3H3/p+1. The third-order valence-corrected chi connectivity index (χ3v) is 7.57. The second-order valence-electron chi connectivity index (χ2n) is 8.22. The lowest BCUT2D eigenvalue weighted by Gasteiger charge is -2.25. The number of carbonyl (C=O) groups is 3. The predicted molar refractivity (Wildman–Crippen MR) is 119 cm³/mol. The van der Waals surface area contributed by atoms with E-state index in [0.717, 1.165) is 48.1 Å². The summed E-state index contributed by atoms with van der Waals surface area (Å²) in [5.41, 5.74) is 2.63. The average molecular weight is 427 g/mol. The van der Waals surface area contributed by atoms with Crippen molar-refractivity contribution in [2.45, 2.75) is 58.9 Å². The first-order valence-electron chi connectivity index (χ1n) is 10.7. The molecule has 7 heteroatoms. The third-order valence-electron chi connectivity index (χ3n) is 6.27. The highest BCUT2D eigenvalue weighted by Crippen LogP contribution is 2.41. The zero-order valence-electron chi connectivity index (χ0n) is 17.7. The van der Waals surface area contributed by atoms with Gasteiger partial charge in [0, 0.05) is 6.04 Å². The minimum atomic E-state index is -0.502. The summed E-state index contributed by atoms with van der Waals surface area (Å²) in [6.45, 7) is 5.89. The normalized spacial score (nSPS) is 22.2. The van der Waals surface area contributed by atoms with Gasteiger partial charge >= 0.3 is 11.9 Å². The van der Waals surface area contributed by atoms with E-state index in [-0.39, 0.29) is 24.4 Å². The van der Waals surface area contributed by atoms with Crippen molar-refractivity contribution in [3.63, 3.8) is 0 Å².